The second kappa shape index (κ2) is 6.35. The number of aryl methyl sites for hydroxylation is 1. The van der Waals surface area contributed by atoms with Crippen LogP contribution in [0.5, 0.6) is 0 Å². The zero-order valence-electron chi connectivity index (χ0n) is 12.2. The van der Waals surface area contributed by atoms with Gasteiger partial charge in [-0.15, -0.1) is 11.3 Å². The number of aromatic nitrogens is 1. The van der Waals surface area contributed by atoms with Crippen LogP contribution >= 0.6 is 11.3 Å². The summed E-state index contributed by atoms with van der Waals surface area (Å²) in [5.74, 6) is 0.0930. The Balaban J connectivity index is 2.01. The molecule has 1 N–H and O–H groups in total. The van der Waals surface area contributed by atoms with Crippen molar-refractivity contribution in [2.24, 2.45) is 5.92 Å². The quantitative estimate of drug-likeness (QED) is 0.912. The molecule has 0 radical (unpaired) electrons. The molecule has 0 aliphatic carbocycles. The molecule has 1 aromatic heterocycles. The molecule has 1 saturated heterocycles. The van der Waals surface area contributed by atoms with Gasteiger partial charge in [0.1, 0.15) is 6.04 Å². The van der Waals surface area contributed by atoms with Crippen molar-refractivity contribution >= 4 is 23.2 Å². The fourth-order valence-corrected chi connectivity index (χ4v) is 2.94. The van der Waals surface area contributed by atoms with Crippen molar-refractivity contribution in [3.8, 4) is 0 Å². The number of nitrogens with one attached hydrogen (secondary N) is 1. The van der Waals surface area contributed by atoms with Gasteiger partial charge < -0.3 is 10.2 Å². The predicted molar refractivity (Wildman–Crippen MR) is 78.5 cm³/mol. The summed E-state index contributed by atoms with van der Waals surface area (Å²) in [6.07, 6.45) is 1.13. The normalized spacial score (nSPS) is 20.2. The zero-order valence-corrected chi connectivity index (χ0v) is 13.0. The monoisotopic (exact) mass is 295 g/mol. The topological polar surface area (TPSA) is 62.3 Å². The molecule has 0 saturated carbocycles. The molecule has 110 valence electrons. The SMILES string of the molecule is Cc1nc(CCN2CCC(=O)NC(C(C)C)C2=O)cs1. The van der Waals surface area contributed by atoms with Gasteiger partial charge in [-0.3, -0.25) is 9.59 Å². The third kappa shape index (κ3) is 3.56. The third-order valence-electron chi connectivity index (χ3n) is 3.47. The molecule has 1 atom stereocenters. The van der Waals surface area contributed by atoms with E-state index >= 15 is 0 Å². The summed E-state index contributed by atoms with van der Waals surface area (Å²) in [5, 5.41) is 5.89. The van der Waals surface area contributed by atoms with Gasteiger partial charge in [0.25, 0.3) is 0 Å². The lowest BCUT2D eigenvalue weighted by atomic mass is 10.0. The molecule has 1 aromatic rings. The largest absolute Gasteiger partial charge is 0.344 e. The second-order valence-corrected chi connectivity index (χ2v) is 6.53. The van der Waals surface area contributed by atoms with E-state index in [0.29, 0.717) is 19.5 Å². The average Bonchev–Trinajstić information content (AvgIpc) is 2.74. The van der Waals surface area contributed by atoms with E-state index in [1.807, 2.05) is 26.2 Å². The van der Waals surface area contributed by atoms with Crippen molar-refractivity contribution < 1.29 is 9.59 Å². The van der Waals surface area contributed by atoms with E-state index in [1.54, 1.807) is 16.2 Å². The van der Waals surface area contributed by atoms with Crippen LogP contribution in [0.1, 0.15) is 31.0 Å². The van der Waals surface area contributed by atoms with Crippen LogP contribution in [0.25, 0.3) is 0 Å². The Morgan fingerprint density at radius 3 is 2.85 bits per heavy atom. The number of hydrogen-bond donors (Lipinski definition) is 1. The van der Waals surface area contributed by atoms with Crippen molar-refractivity contribution in [1.82, 2.24) is 15.2 Å². The van der Waals surface area contributed by atoms with Gasteiger partial charge in [-0.05, 0) is 12.8 Å². The second-order valence-electron chi connectivity index (χ2n) is 5.47. The molecular weight excluding hydrogens is 274 g/mol. The molecular formula is C14H21N3O2S. The van der Waals surface area contributed by atoms with Gasteiger partial charge in [-0.2, -0.15) is 0 Å². The van der Waals surface area contributed by atoms with Gasteiger partial charge in [0.15, 0.2) is 0 Å². The summed E-state index contributed by atoms with van der Waals surface area (Å²) in [6.45, 7) is 7.01. The highest BCUT2D eigenvalue weighted by atomic mass is 32.1. The minimum atomic E-state index is -0.401. The Bertz CT molecular complexity index is 498. The van der Waals surface area contributed by atoms with E-state index in [4.69, 9.17) is 0 Å². The summed E-state index contributed by atoms with van der Waals surface area (Å²) in [4.78, 5) is 30.3. The predicted octanol–water partition coefficient (Wildman–Crippen LogP) is 1.37. The first-order valence-corrected chi connectivity index (χ1v) is 7.84. The van der Waals surface area contributed by atoms with Crippen molar-refractivity contribution in [3.63, 3.8) is 0 Å². The van der Waals surface area contributed by atoms with E-state index in [0.717, 1.165) is 17.1 Å². The number of carbonyl (C=O) groups is 2. The molecule has 2 heterocycles. The van der Waals surface area contributed by atoms with Crippen LogP contribution < -0.4 is 5.32 Å². The fraction of sp³-hybridized carbons (Fsp3) is 0.643. The number of thiazole rings is 1. The van der Waals surface area contributed by atoms with Gasteiger partial charge in [0.05, 0.1) is 10.7 Å². The van der Waals surface area contributed by atoms with E-state index in [2.05, 4.69) is 10.3 Å². The van der Waals surface area contributed by atoms with E-state index in [-0.39, 0.29) is 17.7 Å². The first-order valence-electron chi connectivity index (χ1n) is 6.96. The standard InChI is InChI=1S/C14H21N3O2S/c1-9(2)13-14(19)17(7-5-12(18)16-13)6-4-11-8-20-10(3)15-11/h8-9,13H,4-7H2,1-3H3,(H,16,18). The molecule has 1 unspecified atom stereocenters. The summed E-state index contributed by atoms with van der Waals surface area (Å²) in [5.41, 5.74) is 1.02. The summed E-state index contributed by atoms with van der Waals surface area (Å²) >= 11 is 1.62. The maximum Gasteiger partial charge on any atom is 0.245 e. The van der Waals surface area contributed by atoms with Crippen molar-refractivity contribution in [2.45, 2.75) is 39.7 Å². The molecule has 0 spiro atoms. The summed E-state index contributed by atoms with van der Waals surface area (Å²) in [7, 11) is 0. The lowest BCUT2D eigenvalue weighted by molar-refractivity contribution is -0.134. The van der Waals surface area contributed by atoms with Crippen molar-refractivity contribution in [3.05, 3.63) is 16.1 Å². The first kappa shape index (κ1) is 15.0. The molecule has 0 bridgehead atoms. The number of carbonyl (C=O) groups excluding carboxylic acids is 2. The summed E-state index contributed by atoms with van der Waals surface area (Å²) in [6, 6.07) is -0.401. The number of rotatable bonds is 4. The minimum absolute atomic E-state index is 0.0257. The van der Waals surface area contributed by atoms with Crippen LogP contribution in [0.4, 0.5) is 0 Å². The zero-order chi connectivity index (χ0) is 14.7. The molecule has 5 nitrogen and oxygen atoms in total. The lowest BCUT2D eigenvalue weighted by Gasteiger charge is -2.25. The Hall–Kier alpha value is -1.43. The van der Waals surface area contributed by atoms with Crippen LogP contribution in [-0.4, -0.2) is 40.8 Å². The Labute approximate surface area is 123 Å². The Morgan fingerprint density at radius 1 is 1.50 bits per heavy atom. The first-order chi connectivity index (χ1) is 9.47. The van der Waals surface area contributed by atoms with Crippen molar-refractivity contribution in [1.29, 1.82) is 0 Å². The number of hydrogen-bond acceptors (Lipinski definition) is 4. The molecule has 20 heavy (non-hydrogen) atoms. The van der Waals surface area contributed by atoms with Gasteiger partial charge in [0, 0.05) is 31.3 Å². The van der Waals surface area contributed by atoms with Crippen LogP contribution in [0.2, 0.25) is 0 Å². The van der Waals surface area contributed by atoms with Crippen LogP contribution in [-0.2, 0) is 16.0 Å². The fourth-order valence-electron chi connectivity index (χ4n) is 2.30. The minimum Gasteiger partial charge on any atom is -0.344 e. The van der Waals surface area contributed by atoms with Gasteiger partial charge >= 0.3 is 0 Å². The van der Waals surface area contributed by atoms with Gasteiger partial charge in [-0.1, -0.05) is 13.8 Å². The Morgan fingerprint density at radius 2 is 2.25 bits per heavy atom. The highest BCUT2D eigenvalue weighted by Gasteiger charge is 2.31. The maximum absolute atomic E-state index is 12.5. The molecule has 2 rings (SSSR count). The molecule has 1 fully saturated rings. The number of amides is 2. The highest BCUT2D eigenvalue weighted by Crippen LogP contribution is 2.13. The lowest BCUT2D eigenvalue weighted by Crippen LogP contribution is -2.48. The Kier molecular flexibility index (Phi) is 4.75. The molecule has 2 amide bonds. The smallest absolute Gasteiger partial charge is 0.245 e. The summed E-state index contributed by atoms with van der Waals surface area (Å²) < 4.78 is 0. The van der Waals surface area contributed by atoms with Gasteiger partial charge in [-0.25, -0.2) is 4.98 Å². The van der Waals surface area contributed by atoms with Crippen LogP contribution in [0, 0.1) is 12.8 Å². The molecule has 1 aliphatic heterocycles. The highest BCUT2D eigenvalue weighted by molar-refractivity contribution is 7.09. The average molecular weight is 295 g/mol. The van der Waals surface area contributed by atoms with Crippen molar-refractivity contribution in [2.75, 3.05) is 13.1 Å². The van der Waals surface area contributed by atoms with E-state index < -0.39 is 6.04 Å². The number of nitrogens with zero attached hydrogens (tertiary/aromatic N) is 2. The molecule has 6 heteroatoms. The maximum atomic E-state index is 12.5. The van der Waals surface area contributed by atoms with E-state index in [1.165, 1.54) is 0 Å². The van der Waals surface area contributed by atoms with Gasteiger partial charge in [0.2, 0.25) is 11.8 Å². The third-order valence-corrected chi connectivity index (χ3v) is 4.30. The molecule has 1 aliphatic rings. The van der Waals surface area contributed by atoms with E-state index in [9.17, 15) is 9.59 Å². The molecule has 0 aromatic carbocycles. The van der Waals surface area contributed by atoms with Crippen LogP contribution in [0.15, 0.2) is 5.38 Å². The van der Waals surface area contributed by atoms with Crippen LogP contribution in [0.3, 0.4) is 0 Å².